The third-order valence-corrected chi connectivity index (χ3v) is 8.54. The molecule has 1 fully saturated rings. The fourth-order valence-corrected chi connectivity index (χ4v) is 6.43. The van der Waals surface area contributed by atoms with E-state index in [2.05, 4.69) is 10.6 Å². The van der Waals surface area contributed by atoms with Gasteiger partial charge in [-0.05, 0) is 54.8 Å². The molecule has 1 aromatic heterocycles. The molecule has 0 radical (unpaired) electrons. The molecule has 7 nitrogen and oxygen atoms in total. The lowest BCUT2D eigenvalue weighted by Gasteiger charge is -2.34. The maximum Gasteiger partial charge on any atom is 0.309 e. The smallest absolute Gasteiger partial charge is 0.309 e. The van der Waals surface area contributed by atoms with Crippen molar-refractivity contribution < 1.29 is 22.4 Å². The van der Waals surface area contributed by atoms with Crippen LogP contribution in [0.2, 0.25) is 0 Å². The predicted octanol–water partition coefficient (Wildman–Crippen LogP) is 2.30. The fourth-order valence-electron chi connectivity index (χ4n) is 3.59. The number of hydrogen-bond donors (Lipinski definition) is 2. The van der Waals surface area contributed by atoms with Crippen LogP contribution in [0.15, 0.2) is 46.0 Å². The summed E-state index contributed by atoms with van der Waals surface area (Å²) in [5.74, 6) is -1.82. The van der Waals surface area contributed by atoms with E-state index >= 15 is 0 Å². The van der Waals surface area contributed by atoms with Gasteiger partial charge in [0.1, 0.15) is 10.0 Å². The zero-order valence-corrected chi connectivity index (χ0v) is 18.7. The van der Waals surface area contributed by atoms with Gasteiger partial charge in [-0.15, -0.1) is 11.3 Å². The Labute approximate surface area is 185 Å². The van der Waals surface area contributed by atoms with E-state index in [1.54, 1.807) is 29.6 Å². The van der Waals surface area contributed by atoms with E-state index in [9.17, 15) is 22.4 Å². The maximum atomic E-state index is 12.9. The largest absolute Gasteiger partial charge is 0.348 e. The molecule has 2 heterocycles. The van der Waals surface area contributed by atoms with Crippen molar-refractivity contribution in [3.05, 3.63) is 53.2 Å². The number of hydrogen-bond acceptors (Lipinski definition) is 5. The molecule has 2 aromatic rings. The number of thiophene rings is 1. The average molecular weight is 468 g/mol. The molecule has 0 unspecified atom stereocenters. The number of nitrogens with zero attached hydrogens (tertiary/aromatic N) is 1. The highest BCUT2D eigenvalue weighted by atomic mass is 32.2. The molecule has 0 spiro atoms. The first-order chi connectivity index (χ1) is 14.9. The van der Waals surface area contributed by atoms with Gasteiger partial charge in [0.05, 0.1) is 0 Å². The summed E-state index contributed by atoms with van der Waals surface area (Å²) in [7, 11) is -3.54. The Morgan fingerprint density at radius 3 is 2.45 bits per heavy atom. The third-order valence-electron chi connectivity index (χ3n) is 5.21. The minimum Gasteiger partial charge on any atom is -0.348 e. The number of amides is 2. The van der Waals surface area contributed by atoms with Crippen LogP contribution in [0.25, 0.3) is 0 Å². The number of piperidine rings is 1. The van der Waals surface area contributed by atoms with Crippen LogP contribution in [0.3, 0.4) is 0 Å². The van der Waals surface area contributed by atoms with Gasteiger partial charge in [-0.3, -0.25) is 9.59 Å². The van der Waals surface area contributed by atoms with Gasteiger partial charge in [0.15, 0.2) is 0 Å². The second kappa shape index (κ2) is 10.8. The first-order valence-electron chi connectivity index (χ1n) is 10.2. The van der Waals surface area contributed by atoms with Crippen LogP contribution in [0.1, 0.15) is 31.2 Å². The Balaban J connectivity index is 1.44. The molecule has 2 amide bonds. The summed E-state index contributed by atoms with van der Waals surface area (Å²) in [6.07, 6.45) is 3.39. The maximum absolute atomic E-state index is 12.9. The number of carbonyl (C=O) groups is 2. The molecule has 1 aliphatic rings. The van der Waals surface area contributed by atoms with Crippen LogP contribution < -0.4 is 10.6 Å². The highest BCUT2D eigenvalue weighted by Gasteiger charge is 2.33. The number of carbonyl (C=O) groups excluding carboxylic acids is 2. The molecule has 1 aliphatic heterocycles. The van der Waals surface area contributed by atoms with E-state index < -0.39 is 21.8 Å². The van der Waals surface area contributed by atoms with Crippen molar-refractivity contribution >= 4 is 33.2 Å². The summed E-state index contributed by atoms with van der Waals surface area (Å²) in [4.78, 5) is 24.0. The van der Waals surface area contributed by atoms with E-state index in [1.807, 2.05) is 0 Å². The van der Waals surface area contributed by atoms with E-state index in [-0.39, 0.29) is 24.9 Å². The van der Waals surface area contributed by atoms with E-state index in [1.165, 1.54) is 27.8 Å². The molecule has 0 saturated carbocycles. The summed E-state index contributed by atoms with van der Waals surface area (Å²) < 4.78 is 40.5. The van der Waals surface area contributed by atoms with Gasteiger partial charge in [-0.1, -0.05) is 24.6 Å². The van der Waals surface area contributed by atoms with Crippen LogP contribution in [-0.4, -0.2) is 50.2 Å². The van der Waals surface area contributed by atoms with Crippen LogP contribution >= 0.6 is 11.3 Å². The van der Waals surface area contributed by atoms with Crippen molar-refractivity contribution in [3.8, 4) is 0 Å². The molecule has 1 atom stereocenters. The van der Waals surface area contributed by atoms with Crippen LogP contribution in [0, 0.1) is 5.82 Å². The first kappa shape index (κ1) is 23.4. The summed E-state index contributed by atoms with van der Waals surface area (Å²) in [6.45, 7) is 0.932. The zero-order valence-electron chi connectivity index (χ0n) is 17.1. The van der Waals surface area contributed by atoms with Gasteiger partial charge < -0.3 is 10.6 Å². The topological polar surface area (TPSA) is 95.6 Å². The van der Waals surface area contributed by atoms with Crippen LogP contribution in [-0.2, 0) is 26.0 Å². The highest BCUT2D eigenvalue weighted by molar-refractivity contribution is 7.91. The molecule has 0 aliphatic carbocycles. The summed E-state index contributed by atoms with van der Waals surface area (Å²) >= 11 is 1.19. The Morgan fingerprint density at radius 2 is 1.77 bits per heavy atom. The summed E-state index contributed by atoms with van der Waals surface area (Å²) in [5.41, 5.74) is 0.853. The lowest BCUT2D eigenvalue weighted by molar-refractivity contribution is -0.139. The van der Waals surface area contributed by atoms with Crippen molar-refractivity contribution in [1.82, 2.24) is 14.9 Å². The molecule has 31 heavy (non-hydrogen) atoms. The van der Waals surface area contributed by atoms with Gasteiger partial charge in [-0.2, -0.15) is 4.31 Å². The van der Waals surface area contributed by atoms with Crippen molar-refractivity contribution in [1.29, 1.82) is 0 Å². The average Bonchev–Trinajstić information content (AvgIpc) is 3.31. The number of benzene rings is 1. The molecule has 0 bridgehead atoms. The standard InChI is InChI=1S/C21H26FN3O4S2/c22-17-8-6-16(7-9-17)10-12-23-20(26)21(27)24-13-11-18-4-1-2-14-25(18)31(28,29)19-5-3-15-30-19/h3,5-9,15,18H,1-2,4,10-14H2,(H,23,26)(H,24,27)/t18-/m0/s1. The molecule has 3 rings (SSSR count). The Bertz CT molecular complexity index is 979. The van der Waals surface area contributed by atoms with Gasteiger partial charge in [0, 0.05) is 25.7 Å². The Hall–Kier alpha value is -2.30. The van der Waals surface area contributed by atoms with Gasteiger partial charge >= 0.3 is 11.8 Å². The number of rotatable bonds is 8. The number of nitrogens with one attached hydrogen (secondary N) is 2. The fraction of sp³-hybridized carbons (Fsp3) is 0.429. The minimum atomic E-state index is -3.54. The minimum absolute atomic E-state index is 0.206. The summed E-state index contributed by atoms with van der Waals surface area (Å²) in [5, 5.41) is 6.85. The quantitative estimate of drug-likeness (QED) is 0.583. The normalized spacial score (nSPS) is 17.3. The Kier molecular flexibility index (Phi) is 8.16. The van der Waals surface area contributed by atoms with Crippen LogP contribution in [0.5, 0.6) is 0 Å². The number of halogens is 1. The van der Waals surface area contributed by atoms with E-state index in [4.69, 9.17) is 0 Å². The van der Waals surface area contributed by atoms with E-state index in [0.717, 1.165) is 24.8 Å². The van der Waals surface area contributed by atoms with Crippen molar-refractivity contribution in [3.63, 3.8) is 0 Å². The first-order valence-corrected chi connectivity index (χ1v) is 12.6. The monoisotopic (exact) mass is 467 g/mol. The van der Waals surface area contributed by atoms with Gasteiger partial charge in [-0.25, -0.2) is 12.8 Å². The molecular weight excluding hydrogens is 441 g/mol. The van der Waals surface area contributed by atoms with Crippen molar-refractivity contribution in [2.75, 3.05) is 19.6 Å². The highest BCUT2D eigenvalue weighted by Crippen LogP contribution is 2.28. The molecule has 10 heteroatoms. The Morgan fingerprint density at radius 1 is 1.06 bits per heavy atom. The molecular formula is C21H26FN3O4S2. The molecule has 2 N–H and O–H groups in total. The summed E-state index contributed by atoms with van der Waals surface area (Å²) in [6, 6.07) is 9.05. The zero-order chi connectivity index (χ0) is 22.3. The van der Waals surface area contributed by atoms with Gasteiger partial charge in [0.25, 0.3) is 10.0 Å². The van der Waals surface area contributed by atoms with Crippen LogP contribution in [0.4, 0.5) is 4.39 Å². The number of sulfonamides is 1. The van der Waals surface area contributed by atoms with Gasteiger partial charge in [0.2, 0.25) is 0 Å². The lowest BCUT2D eigenvalue weighted by Crippen LogP contribution is -2.46. The molecule has 168 valence electrons. The predicted molar refractivity (Wildman–Crippen MR) is 117 cm³/mol. The molecule has 1 aromatic carbocycles. The third kappa shape index (κ3) is 6.34. The van der Waals surface area contributed by atoms with E-state index in [0.29, 0.717) is 23.6 Å². The van der Waals surface area contributed by atoms with Crippen molar-refractivity contribution in [2.24, 2.45) is 0 Å². The second-order valence-corrected chi connectivity index (χ2v) is 10.4. The molecule has 1 saturated heterocycles. The van der Waals surface area contributed by atoms with Crippen molar-refractivity contribution in [2.45, 2.75) is 42.4 Å². The SMILES string of the molecule is O=C(NCCc1ccc(F)cc1)C(=O)NCC[C@@H]1CCCCN1S(=O)(=O)c1cccs1. The second-order valence-electron chi connectivity index (χ2n) is 7.37. The lowest BCUT2D eigenvalue weighted by atomic mass is 10.0.